The van der Waals surface area contributed by atoms with E-state index in [-0.39, 0.29) is 0 Å². The van der Waals surface area contributed by atoms with Gasteiger partial charge in [0.15, 0.2) is 5.96 Å². The highest BCUT2D eigenvalue weighted by Crippen LogP contribution is 2.21. The van der Waals surface area contributed by atoms with Crippen molar-refractivity contribution in [2.24, 2.45) is 4.99 Å². The van der Waals surface area contributed by atoms with Crippen molar-refractivity contribution in [1.82, 2.24) is 20.4 Å². The van der Waals surface area contributed by atoms with Crippen LogP contribution in [0.5, 0.6) is 0 Å². The number of aliphatic imine (C=N–C) groups is 1. The van der Waals surface area contributed by atoms with E-state index in [4.69, 9.17) is 4.99 Å². The zero-order valence-electron chi connectivity index (χ0n) is 11.7. The number of thioether (sulfide) groups is 1. The molecule has 1 unspecified atom stereocenters. The van der Waals surface area contributed by atoms with E-state index in [1.165, 1.54) is 12.2 Å². The normalized spacial score (nSPS) is 20.6. The molecule has 1 atom stereocenters. The molecule has 6 heteroatoms. The van der Waals surface area contributed by atoms with Crippen LogP contribution < -0.4 is 5.32 Å². The van der Waals surface area contributed by atoms with Crippen LogP contribution in [0, 0.1) is 0 Å². The molecule has 0 amide bonds. The van der Waals surface area contributed by atoms with Crippen molar-refractivity contribution in [3.8, 4) is 0 Å². The van der Waals surface area contributed by atoms with E-state index in [1.807, 2.05) is 6.07 Å². The first-order chi connectivity index (χ1) is 9.33. The topological polar surface area (TPSA) is 56.3 Å². The molecule has 1 aliphatic rings. The number of nitrogens with zero attached hydrogens (tertiary/aromatic N) is 3. The molecule has 106 valence electrons. The third-order valence-corrected chi connectivity index (χ3v) is 4.56. The summed E-state index contributed by atoms with van der Waals surface area (Å²) in [6.45, 7) is 8.11. The minimum absolute atomic E-state index is 0.656. The van der Waals surface area contributed by atoms with E-state index in [9.17, 15) is 0 Å². The minimum Gasteiger partial charge on any atom is -0.357 e. The monoisotopic (exact) mass is 281 g/mol. The Bertz CT molecular complexity index is 390. The summed E-state index contributed by atoms with van der Waals surface area (Å²) in [5, 5.41) is 11.0. The van der Waals surface area contributed by atoms with Crippen LogP contribution in [-0.4, -0.2) is 51.7 Å². The van der Waals surface area contributed by atoms with Crippen molar-refractivity contribution < 1.29 is 0 Å². The van der Waals surface area contributed by atoms with Crippen LogP contribution in [0.1, 0.15) is 26.0 Å². The van der Waals surface area contributed by atoms with Gasteiger partial charge in [-0.05, 0) is 19.4 Å². The number of guanidine groups is 1. The lowest BCUT2D eigenvalue weighted by molar-refractivity contribution is 0.408. The average molecular weight is 281 g/mol. The maximum Gasteiger partial charge on any atom is 0.194 e. The molecule has 5 nitrogen and oxygen atoms in total. The first kappa shape index (κ1) is 14.2. The first-order valence-corrected chi connectivity index (χ1v) is 8.01. The molecule has 0 aromatic carbocycles. The second kappa shape index (κ2) is 7.43. The van der Waals surface area contributed by atoms with Crippen molar-refractivity contribution in [2.45, 2.75) is 32.1 Å². The number of rotatable bonds is 4. The van der Waals surface area contributed by atoms with Crippen LogP contribution in [0.25, 0.3) is 0 Å². The number of hydrogen-bond acceptors (Lipinski definition) is 3. The van der Waals surface area contributed by atoms with Crippen molar-refractivity contribution in [3.63, 3.8) is 0 Å². The van der Waals surface area contributed by atoms with Crippen LogP contribution in [0.15, 0.2) is 17.3 Å². The quantitative estimate of drug-likeness (QED) is 0.651. The van der Waals surface area contributed by atoms with Gasteiger partial charge in [0.05, 0.1) is 12.2 Å². The highest BCUT2D eigenvalue weighted by Gasteiger charge is 2.21. The van der Waals surface area contributed by atoms with Gasteiger partial charge in [-0.15, -0.1) is 0 Å². The summed E-state index contributed by atoms with van der Waals surface area (Å²) in [5.74, 6) is 2.21. The van der Waals surface area contributed by atoms with E-state index in [2.05, 4.69) is 46.0 Å². The molecule has 0 aliphatic carbocycles. The maximum atomic E-state index is 4.70. The summed E-state index contributed by atoms with van der Waals surface area (Å²) < 4.78 is 0. The Kier molecular flexibility index (Phi) is 5.57. The lowest BCUT2D eigenvalue weighted by Gasteiger charge is -2.34. The minimum atomic E-state index is 0.656. The molecule has 1 saturated heterocycles. The highest BCUT2D eigenvalue weighted by molar-refractivity contribution is 8.00. The summed E-state index contributed by atoms with van der Waals surface area (Å²) in [6, 6.07) is 1.97. The Balaban J connectivity index is 1.99. The van der Waals surface area contributed by atoms with Gasteiger partial charge in [-0.25, -0.2) is 4.99 Å². The standard InChI is InChI=1S/C13H23N5S/c1-3-12-10-18(7-8-19-12)13(14-4-2)15-9-11-5-6-16-17-11/h5-6,12H,3-4,7-10H2,1-2H3,(H,14,15)(H,16,17). The maximum absolute atomic E-state index is 4.70. The van der Waals surface area contributed by atoms with Gasteiger partial charge in [0.2, 0.25) is 0 Å². The number of nitrogens with one attached hydrogen (secondary N) is 2. The molecule has 1 aliphatic heterocycles. The van der Waals surface area contributed by atoms with Crippen molar-refractivity contribution in [1.29, 1.82) is 0 Å². The number of hydrogen-bond donors (Lipinski definition) is 2. The molecular weight excluding hydrogens is 258 g/mol. The van der Waals surface area contributed by atoms with Crippen LogP contribution in [-0.2, 0) is 6.54 Å². The van der Waals surface area contributed by atoms with Gasteiger partial charge in [0, 0.05) is 36.8 Å². The zero-order valence-corrected chi connectivity index (χ0v) is 12.5. The van der Waals surface area contributed by atoms with Crippen molar-refractivity contribution >= 4 is 17.7 Å². The average Bonchev–Trinajstić information content (AvgIpc) is 2.97. The second-order valence-corrected chi connectivity index (χ2v) is 6.01. The molecule has 19 heavy (non-hydrogen) atoms. The lowest BCUT2D eigenvalue weighted by atomic mass is 10.3. The molecule has 0 spiro atoms. The molecule has 2 rings (SSSR count). The molecule has 0 bridgehead atoms. The largest absolute Gasteiger partial charge is 0.357 e. The van der Waals surface area contributed by atoms with Crippen LogP contribution in [0.4, 0.5) is 0 Å². The number of H-pyrrole nitrogens is 1. The van der Waals surface area contributed by atoms with Crippen LogP contribution >= 0.6 is 11.8 Å². The predicted molar refractivity (Wildman–Crippen MR) is 81.5 cm³/mol. The first-order valence-electron chi connectivity index (χ1n) is 6.96. The van der Waals surface area contributed by atoms with Crippen molar-refractivity contribution in [2.75, 3.05) is 25.4 Å². The Labute approximate surface area is 119 Å². The molecule has 0 saturated carbocycles. The SMILES string of the molecule is CCNC(=NCc1ccn[nH]1)N1CCSC(CC)C1. The molecule has 1 aromatic rings. The summed E-state index contributed by atoms with van der Waals surface area (Å²) in [6.07, 6.45) is 2.99. The van der Waals surface area contributed by atoms with Gasteiger partial charge in [0.1, 0.15) is 0 Å². The zero-order chi connectivity index (χ0) is 13.5. The van der Waals surface area contributed by atoms with E-state index >= 15 is 0 Å². The second-order valence-electron chi connectivity index (χ2n) is 4.60. The molecule has 1 fully saturated rings. The fourth-order valence-electron chi connectivity index (χ4n) is 2.12. The van der Waals surface area contributed by atoms with E-state index in [1.54, 1.807) is 6.20 Å². The fourth-order valence-corrected chi connectivity index (χ4v) is 3.30. The predicted octanol–water partition coefficient (Wildman–Crippen LogP) is 1.70. The summed E-state index contributed by atoms with van der Waals surface area (Å²) in [4.78, 5) is 7.08. The van der Waals surface area contributed by atoms with Crippen LogP contribution in [0.3, 0.4) is 0 Å². The van der Waals surface area contributed by atoms with E-state index < -0.39 is 0 Å². The Morgan fingerprint density at radius 1 is 1.63 bits per heavy atom. The van der Waals surface area contributed by atoms with Crippen LogP contribution in [0.2, 0.25) is 0 Å². The molecule has 0 radical (unpaired) electrons. The molecule has 2 N–H and O–H groups in total. The molecule has 2 heterocycles. The van der Waals surface area contributed by atoms with Crippen molar-refractivity contribution in [3.05, 3.63) is 18.0 Å². The van der Waals surface area contributed by atoms with Gasteiger partial charge in [-0.3, -0.25) is 5.10 Å². The fraction of sp³-hybridized carbons (Fsp3) is 0.692. The third kappa shape index (κ3) is 4.16. The van der Waals surface area contributed by atoms with Gasteiger partial charge < -0.3 is 10.2 Å². The van der Waals surface area contributed by atoms with Gasteiger partial charge in [0.25, 0.3) is 0 Å². The Morgan fingerprint density at radius 2 is 2.53 bits per heavy atom. The highest BCUT2D eigenvalue weighted by atomic mass is 32.2. The van der Waals surface area contributed by atoms with E-state index in [0.717, 1.165) is 36.5 Å². The van der Waals surface area contributed by atoms with E-state index in [0.29, 0.717) is 6.54 Å². The van der Waals surface area contributed by atoms with Gasteiger partial charge >= 0.3 is 0 Å². The smallest absolute Gasteiger partial charge is 0.194 e. The van der Waals surface area contributed by atoms with Gasteiger partial charge in [-0.2, -0.15) is 16.9 Å². The lowest BCUT2D eigenvalue weighted by Crippen LogP contribution is -2.48. The summed E-state index contributed by atoms with van der Waals surface area (Å²) >= 11 is 2.08. The third-order valence-electron chi connectivity index (χ3n) is 3.19. The Hall–Kier alpha value is -1.17. The summed E-state index contributed by atoms with van der Waals surface area (Å²) in [5.41, 5.74) is 1.05. The number of aromatic amines is 1. The summed E-state index contributed by atoms with van der Waals surface area (Å²) in [7, 11) is 0. The number of aromatic nitrogens is 2. The molecular formula is C13H23N5S. The van der Waals surface area contributed by atoms with Gasteiger partial charge in [-0.1, -0.05) is 6.92 Å². The molecule has 1 aromatic heterocycles. The Morgan fingerprint density at radius 3 is 3.21 bits per heavy atom.